The summed E-state index contributed by atoms with van der Waals surface area (Å²) in [6.07, 6.45) is 3.06. The lowest BCUT2D eigenvalue weighted by Gasteiger charge is -2.03. The highest BCUT2D eigenvalue weighted by atomic mass is 32.1. The van der Waals surface area contributed by atoms with Gasteiger partial charge in [0.2, 0.25) is 0 Å². The molecule has 4 heteroatoms. The normalized spacial score (nSPS) is 11.2. The average molecular weight is 298 g/mol. The maximum Gasteiger partial charge on any atom is 0.0965 e. The number of aliphatic hydroxyl groups excluding tert-OH is 1. The first-order valence-corrected chi connectivity index (χ1v) is 7.70. The molecule has 108 valence electrons. The van der Waals surface area contributed by atoms with Gasteiger partial charge in [0.15, 0.2) is 0 Å². The summed E-state index contributed by atoms with van der Waals surface area (Å²) in [6.45, 7) is 2.22. The van der Waals surface area contributed by atoms with Gasteiger partial charge in [-0.05, 0) is 35.6 Å². The third-order valence-corrected chi connectivity index (χ3v) is 4.49. The van der Waals surface area contributed by atoms with Crippen molar-refractivity contribution < 1.29 is 5.11 Å². The Morgan fingerprint density at radius 1 is 1.38 bits per heavy atom. The van der Waals surface area contributed by atoms with Gasteiger partial charge in [0.25, 0.3) is 0 Å². The first-order valence-electron chi connectivity index (χ1n) is 6.82. The number of anilines is 1. The lowest BCUT2D eigenvalue weighted by molar-refractivity contribution is 0.300. The van der Waals surface area contributed by atoms with E-state index >= 15 is 0 Å². The Kier molecular flexibility index (Phi) is 5.56. The lowest BCUT2D eigenvalue weighted by atomic mass is 10.0. The van der Waals surface area contributed by atoms with Crippen LogP contribution in [-0.2, 0) is 12.8 Å². The molecular formula is C17H18N2OS. The van der Waals surface area contributed by atoms with Gasteiger partial charge in [0.05, 0.1) is 6.07 Å². The van der Waals surface area contributed by atoms with E-state index in [1.807, 2.05) is 30.3 Å². The highest BCUT2D eigenvalue weighted by molar-refractivity contribution is 7.10. The van der Waals surface area contributed by atoms with Crippen molar-refractivity contribution in [2.45, 2.75) is 19.8 Å². The molecule has 0 bridgehead atoms. The summed E-state index contributed by atoms with van der Waals surface area (Å²) in [5.41, 5.74) is 4.00. The Morgan fingerprint density at radius 2 is 2.14 bits per heavy atom. The van der Waals surface area contributed by atoms with E-state index in [0.717, 1.165) is 11.3 Å². The van der Waals surface area contributed by atoms with E-state index in [1.54, 1.807) is 17.5 Å². The van der Waals surface area contributed by atoms with Crippen molar-refractivity contribution >= 4 is 17.0 Å². The molecule has 2 N–H and O–H groups in total. The quantitative estimate of drug-likeness (QED) is 0.800. The number of para-hydroxylation sites is 1. The Hall–Kier alpha value is -2.09. The Bertz CT molecular complexity index is 653. The number of allylic oxidation sites excluding steroid dienone is 1. The first kappa shape index (κ1) is 15.3. The molecule has 0 saturated heterocycles. The first-order chi connectivity index (χ1) is 10.2. The number of nitrogens with zero attached hydrogens (tertiary/aromatic N) is 1. The molecule has 0 aliphatic rings. The van der Waals surface area contributed by atoms with Crippen LogP contribution in [0.2, 0.25) is 0 Å². The van der Waals surface area contributed by atoms with Gasteiger partial charge in [-0.15, -0.1) is 11.3 Å². The van der Waals surface area contributed by atoms with Gasteiger partial charge in [-0.3, -0.25) is 0 Å². The van der Waals surface area contributed by atoms with Crippen LogP contribution < -0.4 is 5.32 Å². The number of hydrogen-bond donors (Lipinski definition) is 2. The topological polar surface area (TPSA) is 56.0 Å². The molecule has 0 unspecified atom stereocenters. The van der Waals surface area contributed by atoms with Crippen LogP contribution in [0.4, 0.5) is 5.69 Å². The maximum absolute atomic E-state index is 9.27. The minimum absolute atomic E-state index is 0.164. The van der Waals surface area contributed by atoms with E-state index < -0.39 is 0 Å². The number of rotatable bonds is 6. The second-order valence-corrected chi connectivity index (χ2v) is 5.72. The van der Waals surface area contributed by atoms with Crippen molar-refractivity contribution in [3.8, 4) is 6.07 Å². The molecule has 21 heavy (non-hydrogen) atoms. The number of thiophene rings is 1. The largest absolute Gasteiger partial charge is 0.396 e. The van der Waals surface area contributed by atoms with Crippen molar-refractivity contribution in [3.63, 3.8) is 0 Å². The summed E-state index contributed by atoms with van der Waals surface area (Å²) in [6, 6.07) is 12.0. The van der Waals surface area contributed by atoms with Crippen molar-refractivity contribution in [1.29, 1.82) is 5.26 Å². The number of nitriles is 1. The third-order valence-electron chi connectivity index (χ3n) is 3.29. The van der Waals surface area contributed by atoms with E-state index in [2.05, 4.69) is 23.7 Å². The van der Waals surface area contributed by atoms with E-state index in [9.17, 15) is 5.26 Å². The minimum atomic E-state index is 0.164. The summed E-state index contributed by atoms with van der Waals surface area (Å²) in [4.78, 5) is 1.20. The molecule has 3 nitrogen and oxygen atoms in total. The molecule has 2 rings (SSSR count). The molecule has 2 aromatic rings. The molecule has 0 saturated carbocycles. The summed E-state index contributed by atoms with van der Waals surface area (Å²) in [5.74, 6) is 0. The number of benzene rings is 1. The van der Waals surface area contributed by atoms with Crippen molar-refractivity contribution in [3.05, 3.63) is 63.5 Å². The van der Waals surface area contributed by atoms with E-state index in [-0.39, 0.29) is 6.61 Å². The molecule has 1 heterocycles. The zero-order chi connectivity index (χ0) is 15.1. The average Bonchev–Trinajstić information content (AvgIpc) is 2.86. The predicted octanol–water partition coefficient (Wildman–Crippen LogP) is 3.65. The second kappa shape index (κ2) is 7.63. The third kappa shape index (κ3) is 4.19. The van der Waals surface area contributed by atoms with Gasteiger partial charge < -0.3 is 10.4 Å². The molecule has 0 aliphatic heterocycles. The van der Waals surface area contributed by atoms with E-state index in [0.29, 0.717) is 18.4 Å². The molecule has 0 amide bonds. The van der Waals surface area contributed by atoms with Gasteiger partial charge in [-0.1, -0.05) is 18.2 Å². The molecule has 0 spiro atoms. The van der Waals surface area contributed by atoms with Crippen LogP contribution in [0, 0.1) is 18.3 Å². The number of nitrogens with one attached hydrogen (secondary N) is 1. The van der Waals surface area contributed by atoms with Crippen LogP contribution in [0.1, 0.15) is 16.0 Å². The zero-order valence-corrected chi connectivity index (χ0v) is 12.8. The van der Waals surface area contributed by atoms with Gasteiger partial charge >= 0.3 is 0 Å². The van der Waals surface area contributed by atoms with Gasteiger partial charge in [0.1, 0.15) is 0 Å². The maximum atomic E-state index is 9.27. The Balaban J connectivity index is 2.07. The van der Waals surface area contributed by atoms with Crippen LogP contribution in [0.5, 0.6) is 0 Å². The monoisotopic (exact) mass is 298 g/mol. The van der Waals surface area contributed by atoms with Crippen LogP contribution in [-0.4, -0.2) is 11.7 Å². The van der Waals surface area contributed by atoms with Gasteiger partial charge in [-0.25, -0.2) is 0 Å². The van der Waals surface area contributed by atoms with Gasteiger partial charge in [0, 0.05) is 41.8 Å². The highest BCUT2D eigenvalue weighted by Gasteiger charge is 2.09. The molecule has 0 atom stereocenters. The van der Waals surface area contributed by atoms with Crippen LogP contribution >= 0.6 is 11.3 Å². The lowest BCUT2D eigenvalue weighted by Crippen LogP contribution is -1.96. The van der Waals surface area contributed by atoms with Crippen LogP contribution in [0.25, 0.3) is 0 Å². The van der Waals surface area contributed by atoms with Crippen LogP contribution in [0.3, 0.4) is 0 Å². The fraction of sp³-hybridized carbons (Fsp3) is 0.235. The molecule has 1 aromatic carbocycles. The second-order valence-electron chi connectivity index (χ2n) is 4.75. The molecule has 0 radical (unpaired) electrons. The summed E-state index contributed by atoms with van der Waals surface area (Å²) >= 11 is 1.65. The SMILES string of the molecule is Cc1c(CC(C#N)=CNc2ccccc2)csc1CCO. The molecular weight excluding hydrogens is 280 g/mol. The summed E-state index contributed by atoms with van der Waals surface area (Å²) in [7, 11) is 0. The van der Waals surface area contributed by atoms with Crippen molar-refractivity contribution in [1.82, 2.24) is 0 Å². The molecule has 1 aromatic heterocycles. The Labute approximate surface area is 129 Å². The molecule has 0 aliphatic carbocycles. The predicted molar refractivity (Wildman–Crippen MR) is 87.3 cm³/mol. The Morgan fingerprint density at radius 3 is 2.81 bits per heavy atom. The van der Waals surface area contributed by atoms with E-state index in [4.69, 9.17) is 5.11 Å². The van der Waals surface area contributed by atoms with Gasteiger partial charge in [-0.2, -0.15) is 5.26 Å². The molecule has 0 fully saturated rings. The van der Waals surface area contributed by atoms with E-state index in [1.165, 1.54) is 10.4 Å². The highest BCUT2D eigenvalue weighted by Crippen LogP contribution is 2.24. The summed E-state index contributed by atoms with van der Waals surface area (Å²) < 4.78 is 0. The number of aliphatic hydroxyl groups is 1. The zero-order valence-electron chi connectivity index (χ0n) is 12.0. The number of hydrogen-bond acceptors (Lipinski definition) is 4. The minimum Gasteiger partial charge on any atom is -0.396 e. The van der Waals surface area contributed by atoms with Crippen LogP contribution in [0.15, 0.2) is 47.5 Å². The fourth-order valence-corrected chi connectivity index (χ4v) is 3.11. The van der Waals surface area contributed by atoms with Crippen molar-refractivity contribution in [2.24, 2.45) is 0 Å². The fourth-order valence-electron chi connectivity index (χ4n) is 2.05. The summed E-state index contributed by atoms with van der Waals surface area (Å²) in [5, 5.41) is 23.5. The smallest absolute Gasteiger partial charge is 0.0965 e. The van der Waals surface area contributed by atoms with Crippen molar-refractivity contribution in [2.75, 3.05) is 11.9 Å². The standard InChI is InChI=1S/C17H18N2OS/c1-13-15(12-21-17(13)7-8-20)9-14(10-18)11-19-16-5-3-2-4-6-16/h2-6,11-12,19-20H,7-9H2,1H3.